The first-order valence-electron chi connectivity index (χ1n) is 10.1. The van der Waals surface area contributed by atoms with Crippen LogP contribution in [0.5, 0.6) is 5.88 Å². The Labute approximate surface area is 181 Å². The number of hydrogen-bond acceptors (Lipinski definition) is 6. The van der Waals surface area contributed by atoms with E-state index >= 15 is 0 Å². The maximum absolute atomic E-state index is 12.4. The molecule has 4 aliphatic rings. The highest BCUT2D eigenvalue weighted by molar-refractivity contribution is 7.90. The van der Waals surface area contributed by atoms with Gasteiger partial charge in [-0.1, -0.05) is 11.6 Å². The third kappa shape index (κ3) is 3.77. The third-order valence-electron chi connectivity index (χ3n) is 6.92. The number of ether oxygens (including phenoxy) is 1. The van der Waals surface area contributed by atoms with Gasteiger partial charge in [0.15, 0.2) is 11.4 Å². The van der Waals surface area contributed by atoms with Gasteiger partial charge in [0.05, 0.1) is 9.77 Å². The Kier molecular flexibility index (Phi) is 5.24. The quantitative estimate of drug-likeness (QED) is 0.402. The van der Waals surface area contributed by atoms with Gasteiger partial charge in [0.2, 0.25) is 22.1 Å². The van der Waals surface area contributed by atoms with E-state index in [0.717, 1.165) is 12.8 Å². The Hall–Kier alpha value is -1.89. The monoisotopic (exact) mass is 451 g/mol. The van der Waals surface area contributed by atoms with Gasteiger partial charge in [-0.25, -0.2) is 18.5 Å². The number of primary sulfonamides is 1. The summed E-state index contributed by atoms with van der Waals surface area (Å²) in [6, 6.07) is 3.37. The van der Waals surface area contributed by atoms with Crippen molar-refractivity contribution in [3.63, 3.8) is 0 Å². The average Bonchev–Trinajstić information content (AvgIpc) is 2.64. The van der Waals surface area contributed by atoms with E-state index in [0.29, 0.717) is 41.9 Å². The summed E-state index contributed by atoms with van der Waals surface area (Å²) in [5.74, 6) is 1.50. The minimum absolute atomic E-state index is 0.0320. The maximum Gasteiger partial charge on any atom is 0.214 e. The largest absolute Gasteiger partial charge is 0.463 e. The minimum Gasteiger partial charge on any atom is -0.463 e. The smallest absolute Gasteiger partial charge is 0.214 e. The number of nitrogens with zero attached hydrogens (tertiary/aromatic N) is 3. The fourth-order valence-electron chi connectivity index (χ4n) is 5.81. The molecule has 3 N–H and O–H groups in total. The van der Waals surface area contributed by atoms with Crippen molar-refractivity contribution < 1.29 is 13.2 Å². The zero-order valence-corrected chi connectivity index (χ0v) is 18.6. The van der Waals surface area contributed by atoms with E-state index in [4.69, 9.17) is 21.5 Å². The number of nitriles is 1. The molecule has 2 unspecified atom stereocenters. The molecule has 4 bridgehead atoms. The molecule has 1 heterocycles. The van der Waals surface area contributed by atoms with Crippen molar-refractivity contribution in [1.82, 2.24) is 10.3 Å². The molecule has 0 aromatic carbocycles. The van der Waals surface area contributed by atoms with Crippen LogP contribution < -0.4 is 15.2 Å². The number of nitrogens with one attached hydrogen (secondary N) is 1. The van der Waals surface area contributed by atoms with E-state index in [1.165, 1.54) is 6.20 Å². The lowest BCUT2D eigenvalue weighted by Gasteiger charge is -2.59. The summed E-state index contributed by atoms with van der Waals surface area (Å²) in [5, 5.41) is 18.9. The van der Waals surface area contributed by atoms with Gasteiger partial charge in [-0.2, -0.15) is 10.3 Å². The van der Waals surface area contributed by atoms with Crippen LogP contribution in [0.4, 0.5) is 0 Å². The molecule has 162 valence electrons. The van der Waals surface area contributed by atoms with E-state index in [1.54, 1.807) is 12.1 Å². The number of nitrogens with two attached hydrogens (primary N) is 1. The highest BCUT2D eigenvalue weighted by Crippen LogP contribution is 2.58. The Morgan fingerprint density at radius 2 is 2.03 bits per heavy atom. The van der Waals surface area contributed by atoms with Gasteiger partial charge in [-0.15, -0.1) is 0 Å². The SMILES string of the molecule is CC(C)(Oc1ccc(Cl)cn1)/C(=N\C#N)NC1C2CC3CC1CC(S(N)(=O)=O)(C3)C2. The number of rotatable bonds is 5. The van der Waals surface area contributed by atoms with Crippen LogP contribution in [0, 0.1) is 29.2 Å². The Balaban J connectivity index is 1.55. The van der Waals surface area contributed by atoms with E-state index in [1.807, 2.05) is 20.0 Å². The van der Waals surface area contributed by atoms with Crippen LogP contribution in [0.15, 0.2) is 23.3 Å². The Morgan fingerprint density at radius 1 is 1.37 bits per heavy atom. The molecule has 8 nitrogen and oxygen atoms in total. The second-order valence-corrected chi connectivity index (χ2v) is 11.7. The molecule has 2 atom stereocenters. The number of pyridine rings is 1. The summed E-state index contributed by atoms with van der Waals surface area (Å²) in [7, 11) is -3.61. The van der Waals surface area contributed by atoms with E-state index in [2.05, 4.69) is 15.3 Å². The normalized spacial score (nSPS) is 33.2. The summed E-state index contributed by atoms with van der Waals surface area (Å²) in [5.41, 5.74) is -0.942. The molecule has 4 aliphatic carbocycles. The van der Waals surface area contributed by atoms with Crippen molar-refractivity contribution in [3.05, 3.63) is 23.4 Å². The predicted molar refractivity (Wildman–Crippen MR) is 113 cm³/mol. The topological polar surface area (TPSA) is 130 Å². The molecular formula is C20H26ClN5O3S. The zero-order chi connectivity index (χ0) is 21.7. The fraction of sp³-hybridized carbons (Fsp3) is 0.650. The van der Waals surface area contributed by atoms with Crippen molar-refractivity contribution in [1.29, 1.82) is 5.26 Å². The van der Waals surface area contributed by atoms with Gasteiger partial charge in [-0.3, -0.25) is 0 Å². The second kappa shape index (κ2) is 7.36. The molecule has 10 heteroatoms. The molecule has 0 spiro atoms. The summed E-state index contributed by atoms with van der Waals surface area (Å²) < 4.78 is 29.9. The van der Waals surface area contributed by atoms with E-state index in [9.17, 15) is 13.7 Å². The van der Waals surface area contributed by atoms with Crippen molar-refractivity contribution in [2.75, 3.05) is 0 Å². The highest BCUT2D eigenvalue weighted by Gasteiger charge is 2.60. The van der Waals surface area contributed by atoms with Crippen molar-refractivity contribution in [3.8, 4) is 12.1 Å². The third-order valence-corrected chi connectivity index (χ3v) is 8.85. The number of amidine groups is 1. The van der Waals surface area contributed by atoms with Crippen molar-refractivity contribution in [2.24, 2.45) is 27.9 Å². The molecule has 5 rings (SSSR count). The standard InChI is InChI=1S/C20H26ClN5O3S/c1-19(2,29-16-4-3-15(21)10-24-16)18(25-11-22)26-17-13-5-12-6-14(17)9-20(7-12,8-13)30(23,27)28/h3-4,10,12-14,17H,5-9H2,1-2H3,(H,25,26)(H2,23,27,28). The van der Waals surface area contributed by atoms with E-state index < -0.39 is 20.4 Å². The summed E-state index contributed by atoms with van der Waals surface area (Å²) in [6.45, 7) is 3.63. The molecule has 4 saturated carbocycles. The van der Waals surface area contributed by atoms with Crippen LogP contribution >= 0.6 is 11.6 Å². The van der Waals surface area contributed by atoms with Gasteiger partial charge in [0.1, 0.15) is 0 Å². The Bertz CT molecular complexity index is 986. The van der Waals surface area contributed by atoms with Crippen molar-refractivity contribution >= 4 is 27.5 Å². The molecule has 0 radical (unpaired) electrons. The lowest BCUT2D eigenvalue weighted by atomic mass is 9.53. The zero-order valence-electron chi connectivity index (χ0n) is 17.0. The lowest BCUT2D eigenvalue weighted by molar-refractivity contribution is 0.00431. The van der Waals surface area contributed by atoms with Crippen LogP contribution in [0.2, 0.25) is 5.02 Å². The summed E-state index contributed by atoms with van der Waals surface area (Å²) in [4.78, 5) is 8.18. The maximum atomic E-state index is 12.4. The van der Waals surface area contributed by atoms with Gasteiger partial charge in [0.25, 0.3) is 0 Å². The fourth-order valence-corrected chi connectivity index (χ4v) is 7.29. The molecule has 0 saturated heterocycles. The number of aromatic nitrogens is 1. The van der Waals surface area contributed by atoms with Crippen molar-refractivity contribution in [2.45, 2.75) is 62.3 Å². The predicted octanol–water partition coefficient (Wildman–Crippen LogP) is 2.60. The second-order valence-electron chi connectivity index (χ2n) is 9.36. The van der Waals surface area contributed by atoms with Crippen LogP contribution in [0.25, 0.3) is 0 Å². The molecule has 0 amide bonds. The summed E-state index contributed by atoms with van der Waals surface area (Å²) >= 11 is 5.89. The molecular weight excluding hydrogens is 426 g/mol. The van der Waals surface area contributed by atoms with Gasteiger partial charge in [0, 0.05) is 18.3 Å². The average molecular weight is 452 g/mol. The molecule has 0 aliphatic heterocycles. The highest BCUT2D eigenvalue weighted by atomic mass is 35.5. The summed E-state index contributed by atoms with van der Waals surface area (Å²) in [6.07, 6.45) is 7.05. The van der Waals surface area contributed by atoms with Gasteiger partial charge < -0.3 is 10.1 Å². The number of aliphatic imine (C=N–C) groups is 1. The van der Waals surface area contributed by atoms with Crippen LogP contribution in [-0.4, -0.2) is 35.6 Å². The first-order valence-corrected chi connectivity index (χ1v) is 12.0. The molecule has 1 aromatic rings. The molecule has 4 fully saturated rings. The first-order chi connectivity index (χ1) is 14.0. The molecule has 30 heavy (non-hydrogen) atoms. The minimum atomic E-state index is -3.61. The Morgan fingerprint density at radius 3 is 2.57 bits per heavy atom. The molecule has 1 aromatic heterocycles. The number of hydrogen-bond donors (Lipinski definition) is 2. The van der Waals surface area contributed by atoms with E-state index in [-0.39, 0.29) is 17.9 Å². The number of sulfonamides is 1. The first kappa shape index (κ1) is 21.3. The van der Waals surface area contributed by atoms with Crippen LogP contribution in [0.3, 0.4) is 0 Å². The number of halogens is 1. The lowest BCUT2D eigenvalue weighted by Crippen LogP contribution is -2.66. The van der Waals surface area contributed by atoms with Crippen LogP contribution in [0.1, 0.15) is 46.0 Å². The van der Waals surface area contributed by atoms with Gasteiger partial charge in [-0.05, 0) is 69.8 Å². The van der Waals surface area contributed by atoms with Crippen LogP contribution in [-0.2, 0) is 10.0 Å². The van der Waals surface area contributed by atoms with Gasteiger partial charge >= 0.3 is 0 Å².